The minimum atomic E-state index is 0.240. The monoisotopic (exact) mass is 265 g/mol. The van der Waals surface area contributed by atoms with Crippen molar-refractivity contribution in [2.75, 3.05) is 6.61 Å². The molecule has 0 amide bonds. The summed E-state index contributed by atoms with van der Waals surface area (Å²) >= 11 is 3.48. The van der Waals surface area contributed by atoms with Crippen LogP contribution >= 0.6 is 15.9 Å². The SMILES string of the molecule is Brc1ccc2c(ccn2C2CCCO2)c1. The second-order valence-corrected chi connectivity index (χ2v) is 4.81. The Morgan fingerprint density at radius 2 is 2.27 bits per heavy atom. The standard InChI is InChI=1S/C12H12BrNO/c13-10-3-4-11-9(8-10)5-6-14(11)12-2-1-7-15-12/h3-6,8,12H,1-2,7H2. The molecule has 1 atom stereocenters. The third-order valence-electron chi connectivity index (χ3n) is 2.90. The lowest BCUT2D eigenvalue weighted by molar-refractivity contribution is 0.0601. The van der Waals surface area contributed by atoms with Crippen LogP contribution in [0.4, 0.5) is 0 Å². The van der Waals surface area contributed by atoms with Gasteiger partial charge >= 0.3 is 0 Å². The highest BCUT2D eigenvalue weighted by molar-refractivity contribution is 9.10. The fourth-order valence-corrected chi connectivity index (χ4v) is 2.54. The molecule has 78 valence electrons. The Bertz CT molecular complexity index is 485. The van der Waals surface area contributed by atoms with Crippen LogP contribution < -0.4 is 0 Å². The maximum atomic E-state index is 5.69. The van der Waals surface area contributed by atoms with Gasteiger partial charge in [0, 0.05) is 22.7 Å². The highest BCUT2D eigenvalue weighted by atomic mass is 79.9. The molecule has 1 aliphatic heterocycles. The third kappa shape index (κ3) is 1.60. The zero-order chi connectivity index (χ0) is 10.3. The molecule has 1 saturated heterocycles. The van der Waals surface area contributed by atoms with Gasteiger partial charge in [-0.2, -0.15) is 0 Å². The molecule has 0 bridgehead atoms. The first-order valence-electron chi connectivity index (χ1n) is 5.22. The number of fused-ring (bicyclic) bond motifs is 1. The van der Waals surface area contributed by atoms with Crippen molar-refractivity contribution in [3.8, 4) is 0 Å². The first kappa shape index (κ1) is 9.43. The summed E-state index contributed by atoms with van der Waals surface area (Å²) in [4.78, 5) is 0. The molecule has 2 nitrogen and oxygen atoms in total. The Morgan fingerprint density at radius 3 is 3.07 bits per heavy atom. The van der Waals surface area contributed by atoms with Crippen molar-refractivity contribution in [2.24, 2.45) is 0 Å². The molecule has 15 heavy (non-hydrogen) atoms. The zero-order valence-electron chi connectivity index (χ0n) is 8.32. The van der Waals surface area contributed by atoms with Gasteiger partial charge in [0.1, 0.15) is 6.23 Å². The summed E-state index contributed by atoms with van der Waals surface area (Å²) in [6, 6.07) is 8.50. The first-order chi connectivity index (χ1) is 7.34. The minimum Gasteiger partial charge on any atom is -0.358 e. The van der Waals surface area contributed by atoms with Gasteiger partial charge in [-0.1, -0.05) is 15.9 Å². The van der Waals surface area contributed by atoms with Crippen LogP contribution in [0.3, 0.4) is 0 Å². The van der Waals surface area contributed by atoms with E-state index in [0.717, 1.165) is 17.5 Å². The average molecular weight is 266 g/mol. The molecule has 3 rings (SSSR count). The van der Waals surface area contributed by atoms with Gasteiger partial charge in [0.2, 0.25) is 0 Å². The number of aromatic nitrogens is 1. The van der Waals surface area contributed by atoms with Crippen molar-refractivity contribution in [2.45, 2.75) is 19.1 Å². The highest BCUT2D eigenvalue weighted by Gasteiger charge is 2.18. The average Bonchev–Trinajstić information content (AvgIpc) is 2.82. The quantitative estimate of drug-likeness (QED) is 0.767. The Morgan fingerprint density at radius 1 is 1.33 bits per heavy atom. The predicted octanol–water partition coefficient (Wildman–Crippen LogP) is 3.71. The molecular formula is C12H12BrNO. The van der Waals surface area contributed by atoms with Crippen molar-refractivity contribution in [1.29, 1.82) is 0 Å². The molecule has 1 aromatic carbocycles. The zero-order valence-corrected chi connectivity index (χ0v) is 9.90. The number of hydrogen-bond donors (Lipinski definition) is 0. The van der Waals surface area contributed by atoms with Crippen LogP contribution in [-0.4, -0.2) is 11.2 Å². The molecule has 0 radical (unpaired) electrons. The molecular weight excluding hydrogens is 254 g/mol. The Hall–Kier alpha value is -0.800. The summed E-state index contributed by atoms with van der Waals surface area (Å²) in [5, 5.41) is 1.26. The van der Waals surface area contributed by atoms with E-state index in [9.17, 15) is 0 Å². The van der Waals surface area contributed by atoms with Crippen LogP contribution in [0.15, 0.2) is 34.9 Å². The van der Waals surface area contributed by atoms with E-state index in [2.05, 4.69) is 51.0 Å². The van der Waals surface area contributed by atoms with E-state index in [1.165, 1.54) is 17.3 Å². The van der Waals surface area contributed by atoms with Crippen LogP contribution in [-0.2, 0) is 4.74 Å². The van der Waals surface area contributed by atoms with Crippen LogP contribution in [0.2, 0.25) is 0 Å². The summed E-state index contributed by atoms with van der Waals surface area (Å²) in [7, 11) is 0. The fourth-order valence-electron chi connectivity index (χ4n) is 2.17. The normalized spacial score (nSPS) is 21.3. The lowest BCUT2D eigenvalue weighted by Gasteiger charge is -2.12. The lowest BCUT2D eigenvalue weighted by atomic mass is 10.2. The molecule has 3 heteroatoms. The number of halogens is 1. The van der Waals surface area contributed by atoms with Crippen LogP contribution in [0.25, 0.3) is 10.9 Å². The molecule has 0 spiro atoms. The van der Waals surface area contributed by atoms with Crippen LogP contribution in [0, 0.1) is 0 Å². The summed E-state index contributed by atoms with van der Waals surface area (Å²) in [5.74, 6) is 0. The van der Waals surface area contributed by atoms with Gasteiger partial charge in [-0.3, -0.25) is 0 Å². The summed E-state index contributed by atoms with van der Waals surface area (Å²) < 4.78 is 9.04. The third-order valence-corrected chi connectivity index (χ3v) is 3.39. The smallest absolute Gasteiger partial charge is 0.134 e. The molecule has 1 aromatic heterocycles. The van der Waals surface area contributed by atoms with Crippen molar-refractivity contribution in [3.63, 3.8) is 0 Å². The first-order valence-corrected chi connectivity index (χ1v) is 6.01. The topological polar surface area (TPSA) is 14.2 Å². The van der Waals surface area contributed by atoms with Crippen LogP contribution in [0.5, 0.6) is 0 Å². The fraction of sp³-hybridized carbons (Fsp3) is 0.333. The van der Waals surface area contributed by atoms with E-state index in [1.807, 2.05) is 0 Å². The number of nitrogens with zero attached hydrogens (tertiary/aromatic N) is 1. The Kier molecular flexibility index (Phi) is 2.29. The number of benzene rings is 1. The van der Waals surface area contributed by atoms with E-state index in [-0.39, 0.29) is 6.23 Å². The summed E-state index contributed by atoms with van der Waals surface area (Å²) in [6.45, 7) is 0.890. The van der Waals surface area contributed by atoms with Gasteiger partial charge in [-0.25, -0.2) is 0 Å². The largest absolute Gasteiger partial charge is 0.358 e. The van der Waals surface area contributed by atoms with E-state index in [0.29, 0.717) is 0 Å². The summed E-state index contributed by atoms with van der Waals surface area (Å²) in [5.41, 5.74) is 1.25. The maximum Gasteiger partial charge on any atom is 0.134 e. The minimum absolute atomic E-state index is 0.240. The van der Waals surface area contributed by atoms with E-state index < -0.39 is 0 Å². The van der Waals surface area contributed by atoms with Gasteiger partial charge in [-0.05, 0) is 37.1 Å². The predicted molar refractivity (Wildman–Crippen MR) is 63.9 cm³/mol. The molecule has 1 aliphatic rings. The van der Waals surface area contributed by atoms with Crippen molar-refractivity contribution < 1.29 is 4.74 Å². The Labute approximate surface area is 97.0 Å². The number of hydrogen-bond acceptors (Lipinski definition) is 1. The lowest BCUT2D eigenvalue weighted by Crippen LogP contribution is -2.04. The number of rotatable bonds is 1. The molecule has 0 N–H and O–H groups in total. The maximum absolute atomic E-state index is 5.69. The molecule has 2 heterocycles. The van der Waals surface area contributed by atoms with Gasteiger partial charge in [0.05, 0.1) is 5.52 Å². The van der Waals surface area contributed by atoms with E-state index in [1.54, 1.807) is 0 Å². The second-order valence-electron chi connectivity index (χ2n) is 3.89. The van der Waals surface area contributed by atoms with Gasteiger partial charge in [0.25, 0.3) is 0 Å². The molecule has 0 aliphatic carbocycles. The second kappa shape index (κ2) is 3.65. The van der Waals surface area contributed by atoms with Crippen molar-refractivity contribution >= 4 is 26.8 Å². The van der Waals surface area contributed by atoms with Gasteiger partial charge in [0.15, 0.2) is 0 Å². The van der Waals surface area contributed by atoms with E-state index in [4.69, 9.17) is 4.74 Å². The van der Waals surface area contributed by atoms with E-state index >= 15 is 0 Å². The van der Waals surface area contributed by atoms with Gasteiger partial charge in [-0.15, -0.1) is 0 Å². The van der Waals surface area contributed by atoms with Crippen molar-refractivity contribution in [1.82, 2.24) is 4.57 Å². The van der Waals surface area contributed by atoms with Crippen molar-refractivity contribution in [3.05, 3.63) is 34.9 Å². The molecule has 2 aromatic rings. The highest BCUT2D eigenvalue weighted by Crippen LogP contribution is 2.29. The molecule has 1 fully saturated rings. The van der Waals surface area contributed by atoms with Crippen LogP contribution in [0.1, 0.15) is 19.1 Å². The Balaban J connectivity index is 2.11. The molecule has 1 unspecified atom stereocenters. The molecule has 0 saturated carbocycles. The van der Waals surface area contributed by atoms with Gasteiger partial charge < -0.3 is 9.30 Å². The summed E-state index contributed by atoms with van der Waals surface area (Å²) in [6.07, 6.45) is 4.65. The number of ether oxygens (including phenoxy) is 1.